The van der Waals surface area contributed by atoms with Crippen LogP contribution in [0.2, 0.25) is 0 Å². The van der Waals surface area contributed by atoms with Crippen molar-refractivity contribution < 1.29 is 14.4 Å². The molecular weight excluding hydrogens is 358 g/mol. The average molecular weight is 390 g/mol. The Bertz CT molecular complexity index is 770. The number of urea groups is 1. The van der Waals surface area contributed by atoms with Crippen LogP contribution >= 0.6 is 0 Å². The van der Waals surface area contributed by atoms with Gasteiger partial charge in [-0.05, 0) is 51.8 Å². The van der Waals surface area contributed by atoms with Crippen molar-refractivity contribution in [2.24, 2.45) is 7.05 Å². The number of nitrogens with zero attached hydrogens (tertiary/aromatic N) is 3. The normalized spacial score (nSPS) is 22.4. The molecule has 0 aliphatic carbocycles. The second-order valence-corrected chi connectivity index (χ2v) is 8.19. The minimum absolute atomic E-state index is 0.0858. The molecule has 2 aliphatic heterocycles. The molecule has 4 amide bonds. The van der Waals surface area contributed by atoms with Crippen LogP contribution in [0.15, 0.2) is 12.1 Å². The van der Waals surface area contributed by atoms with Crippen LogP contribution in [-0.4, -0.2) is 64.4 Å². The molecule has 2 fully saturated rings. The van der Waals surface area contributed by atoms with Crippen molar-refractivity contribution >= 4 is 17.8 Å². The Balaban J connectivity index is 1.65. The first-order valence-corrected chi connectivity index (χ1v) is 10.0. The first kappa shape index (κ1) is 20.4. The van der Waals surface area contributed by atoms with E-state index >= 15 is 0 Å². The van der Waals surface area contributed by atoms with Crippen LogP contribution in [0.1, 0.15) is 61.8 Å². The Morgan fingerprint density at radius 3 is 2.64 bits per heavy atom. The monoisotopic (exact) mass is 389 g/mol. The minimum atomic E-state index is -0.815. The van der Waals surface area contributed by atoms with Gasteiger partial charge in [0.15, 0.2) is 0 Å². The van der Waals surface area contributed by atoms with Crippen molar-refractivity contribution in [1.29, 1.82) is 0 Å². The molecule has 0 radical (unpaired) electrons. The molecule has 2 N–H and O–H groups in total. The van der Waals surface area contributed by atoms with Crippen molar-refractivity contribution in [1.82, 2.24) is 25.0 Å². The highest BCUT2D eigenvalue weighted by molar-refractivity contribution is 6.06. The largest absolute Gasteiger partial charge is 0.354 e. The fraction of sp³-hybridized carbons (Fsp3) is 0.650. The summed E-state index contributed by atoms with van der Waals surface area (Å²) in [5.74, 6) is -0.248. The van der Waals surface area contributed by atoms with Crippen LogP contribution in [0, 0.1) is 0 Å². The maximum absolute atomic E-state index is 12.3. The molecule has 2 aliphatic rings. The lowest BCUT2D eigenvalue weighted by atomic mass is 9.99. The van der Waals surface area contributed by atoms with Crippen LogP contribution < -0.4 is 10.6 Å². The van der Waals surface area contributed by atoms with E-state index in [1.165, 1.54) is 4.90 Å². The first-order valence-electron chi connectivity index (χ1n) is 10.0. The second kappa shape index (κ2) is 7.95. The smallest absolute Gasteiger partial charge is 0.325 e. The van der Waals surface area contributed by atoms with Gasteiger partial charge in [0.2, 0.25) is 0 Å². The number of aromatic nitrogens is 1. The van der Waals surface area contributed by atoms with Crippen molar-refractivity contribution in [2.75, 3.05) is 26.7 Å². The van der Waals surface area contributed by atoms with Crippen molar-refractivity contribution in [3.63, 3.8) is 0 Å². The number of piperidine rings is 1. The molecule has 3 heterocycles. The summed E-state index contributed by atoms with van der Waals surface area (Å²) in [4.78, 5) is 40.1. The lowest BCUT2D eigenvalue weighted by Crippen LogP contribution is -2.41. The summed E-state index contributed by atoms with van der Waals surface area (Å²) in [6.07, 6.45) is 4.07. The number of hydrogen-bond acceptors (Lipinski definition) is 4. The van der Waals surface area contributed by atoms with Crippen LogP contribution in [0.5, 0.6) is 0 Å². The molecule has 1 aromatic rings. The SMILES string of the molecule is CNC(=O)c1ccc([C@H]2CCCCN2CCCN2C(=O)NC(C)(C)C2=O)n1C. The average Bonchev–Trinajstić information content (AvgIpc) is 3.13. The van der Waals surface area contributed by atoms with Gasteiger partial charge in [-0.3, -0.25) is 19.4 Å². The predicted octanol–water partition coefficient (Wildman–Crippen LogP) is 1.63. The van der Waals surface area contributed by atoms with E-state index in [1.54, 1.807) is 20.9 Å². The number of rotatable bonds is 6. The van der Waals surface area contributed by atoms with Gasteiger partial charge in [-0.25, -0.2) is 4.79 Å². The maximum Gasteiger partial charge on any atom is 0.325 e. The van der Waals surface area contributed by atoms with Crippen LogP contribution in [0.3, 0.4) is 0 Å². The molecule has 28 heavy (non-hydrogen) atoms. The summed E-state index contributed by atoms with van der Waals surface area (Å²) in [7, 11) is 3.57. The molecule has 8 nitrogen and oxygen atoms in total. The fourth-order valence-corrected chi connectivity index (χ4v) is 4.26. The first-order chi connectivity index (χ1) is 13.3. The third kappa shape index (κ3) is 3.78. The molecule has 0 aromatic carbocycles. The number of carbonyl (C=O) groups is 3. The fourth-order valence-electron chi connectivity index (χ4n) is 4.26. The zero-order valence-corrected chi connectivity index (χ0v) is 17.2. The molecular formula is C20H31N5O3. The zero-order valence-electron chi connectivity index (χ0n) is 17.2. The maximum atomic E-state index is 12.3. The minimum Gasteiger partial charge on any atom is -0.354 e. The number of amides is 4. The molecule has 0 bridgehead atoms. The highest BCUT2D eigenvalue weighted by Gasteiger charge is 2.43. The Morgan fingerprint density at radius 1 is 1.25 bits per heavy atom. The number of carbonyl (C=O) groups excluding carboxylic acids is 3. The van der Waals surface area contributed by atoms with E-state index in [2.05, 4.69) is 15.5 Å². The summed E-state index contributed by atoms with van der Waals surface area (Å²) in [6, 6.07) is 3.85. The summed E-state index contributed by atoms with van der Waals surface area (Å²) in [5, 5.41) is 5.41. The van der Waals surface area contributed by atoms with Gasteiger partial charge in [-0.15, -0.1) is 0 Å². The van der Waals surface area contributed by atoms with E-state index in [1.807, 2.05) is 23.7 Å². The lowest BCUT2D eigenvalue weighted by Gasteiger charge is -2.36. The van der Waals surface area contributed by atoms with E-state index in [9.17, 15) is 14.4 Å². The number of likely N-dealkylation sites (tertiary alicyclic amines) is 1. The molecule has 2 saturated heterocycles. The predicted molar refractivity (Wildman–Crippen MR) is 106 cm³/mol. The number of imide groups is 1. The summed E-state index contributed by atoms with van der Waals surface area (Å²) < 4.78 is 1.97. The third-order valence-corrected chi connectivity index (χ3v) is 5.85. The van der Waals surface area contributed by atoms with Crippen LogP contribution in [0.4, 0.5) is 4.79 Å². The van der Waals surface area contributed by atoms with Gasteiger partial charge in [-0.2, -0.15) is 0 Å². The molecule has 8 heteroatoms. The van der Waals surface area contributed by atoms with Gasteiger partial charge in [-0.1, -0.05) is 6.42 Å². The molecule has 0 saturated carbocycles. The summed E-state index contributed by atoms with van der Waals surface area (Å²) >= 11 is 0. The van der Waals surface area contributed by atoms with Crippen LogP contribution in [0.25, 0.3) is 0 Å². The van der Waals surface area contributed by atoms with Crippen molar-refractivity contribution in [2.45, 2.75) is 51.1 Å². The van der Waals surface area contributed by atoms with Crippen molar-refractivity contribution in [3.8, 4) is 0 Å². The van der Waals surface area contributed by atoms with Gasteiger partial charge in [0, 0.05) is 32.9 Å². The molecule has 154 valence electrons. The quantitative estimate of drug-likeness (QED) is 0.724. The molecule has 0 unspecified atom stereocenters. The second-order valence-electron chi connectivity index (χ2n) is 8.19. The standard InChI is InChI=1S/C20H31N5O3/c1-20(2)18(27)25(19(28)22-20)13-7-12-24-11-6-5-8-15(24)14-9-10-16(23(14)4)17(26)21-3/h9-10,15H,5-8,11-13H2,1-4H3,(H,21,26)(H,22,28)/t15-/m1/s1. The van der Waals surface area contributed by atoms with E-state index in [0.29, 0.717) is 12.2 Å². The van der Waals surface area contributed by atoms with Gasteiger partial charge in [0.1, 0.15) is 11.2 Å². The van der Waals surface area contributed by atoms with Gasteiger partial charge in [0.05, 0.1) is 6.04 Å². The lowest BCUT2D eigenvalue weighted by molar-refractivity contribution is -0.130. The molecule has 1 aromatic heterocycles. The highest BCUT2D eigenvalue weighted by atomic mass is 16.2. The Labute approximate surface area is 166 Å². The van der Waals surface area contributed by atoms with Gasteiger partial charge < -0.3 is 15.2 Å². The molecule has 3 rings (SSSR count). The zero-order chi connectivity index (χ0) is 20.5. The van der Waals surface area contributed by atoms with Crippen molar-refractivity contribution in [3.05, 3.63) is 23.5 Å². The summed E-state index contributed by atoms with van der Waals surface area (Å²) in [6.45, 7) is 5.67. The third-order valence-electron chi connectivity index (χ3n) is 5.85. The topological polar surface area (TPSA) is 86.7 Å². The molecule has 1 atom stereocenters. The van der Waals surface area contributed by atoms with Gasteiger partial charge in [0.25, 0.3) is 11.8 Å². The highest BCUT2D eigenvalue weighted by Crippen LogP contribution is 2.32. The summed E-state index contributed by atoms with van der Waals surface area (Å²) in [5.41, 5.74) is 0.975. The number of hydrogen-bond donors (Lipinski definition) is 2. The van der Waals surface area contributed by atoms with E-state index in [0.717, 1.165) is 44.5 Å². The Hall–Kier alpha value is -2.35. The Morgan fingerprint density at radius 2 is 2.00 bits per heavy atom. The molecule has 0 spiro atoms. The Kier molecular flexibility index (Phi) is 5.79. The van der Waals surface area contributed by atoms with E-state index in [4.69, 9.17) is 0 Å². The van der Waals surface area contributed by atoms with Gasteiger partial charge >= 0.3 is 6.03 Å². The number of nitrogens with one attached hydrogen (secondary N) is 2. The van der Waals surface area contributed by atoms with E-state index < -0.39 is 5.54 Å². The van der Waals surface area contributed by atoms with E-state index in [-0.39, 0.29) is 23.9 Å². The van der Waals surface area contributed by atoms with Crippen LogP contribution in [-0.2, 0) is 11.8 Å².